The maximum atomic E-state index is 10.8. The zero-order chi connectivity index (χ0) is 20.9. The van der Waals surface area contributed by atoms with Crippen molar-refractivity contribution < 1.29 is 9.52 Å². The number of guanidine groups is 1. The molecule has 28 heavy (non-hydrogen) atoms. The Morgan fingerprint density at radius 3 is 2.50 bits per heavy atom. The molecule has 2 aromatic heterocycles. The number of aliphatic hydroxyl groups is 1. The third-order valence-corrected chi connectivity index (χ3v) is 5.37. The fourth-order valence-electron chi connectivity index (χ4n) is 2.88. The molecule has 1 unspecified atom stereocenters. The Labute approximate surface area is 172 Å². The van der Waals surface area contributed by atoms with Crippen LogP contribution in [0.1, 0.15) is 62.4 Å². The highest BCUT2D eigenvalue weighted by Crippen LogP contribution is 2.27. The van der Waals surface area contributed by atoms with Crippen LogP contribution >= 0.6 is 11.3 Å². The molecule has 0 spiro atoms. The molecule has 0 aromatic carbocycles. The van der Waals surface area contributed by atoms with Crippen LogP contribution in [0.15, 0.2) is 20.9 Å². The minimum Gasteiger partial charge on any atom is -0.466 e. The molecule has 0 aliphatic rings. The van der Waals surface area contributed by atoms with E-state index >= 15 is 0 Å². The molecule has 0 radical (unpaired) electrons. The molecule has 6 nitrogen and oxygen atoms in total. The van der Waals surface area contributed by atoms with E-state index in [4.69, 9.17) is 9.40 Å². The van der Waals surface area contributed by atoms with Crippen LogP contribution in [-0.4, -0.2) is 35.7 Å². The number of aryl methyl sites for hydroxylation is 2. The van der Waals surface area contributed by atoms with Gasteiger partial charge < -0.3 is 20.2 Å². The fraction of sp³-hybridized carbons (Fsp3) is 0.619. The van der Waals surface area contributed by atoms with Crippen molar-refractivity contribution in [2.75, 3.05) is 19.6 Å². The summed E-state index contributed by atoms with van der Waals surface area (Å²) < 4.78 is 5.55. The molecule has 156 valence electrons. The average molecular weight is 407 g/mol. The van der Waals surface area contributed by atoms with Crippen LogP contribution in [0.5, 0.6) is 0 Å². The summed E-state index contributed by atoms with van der Waals surface area (Å²) in [5.41, 5.74) is 0.909. The zero-order valence-corrected chi connectivity index (χ0v) is 19.0. The van der Waals surface area contributed by atoms with Crippen molar-refractivity contribution in [1.29, 1.82) is 0 Å². The first kappa shape index (κ1) is 22.4. The van der Waals surface area contributed by atoms with Gasteiger partial charge in [-0.2, -0.15) is 0 Å². The van der Waals surface area contributed by atoms with Crippen LogP contribution < -0.4 is 10.6 Å². The van der Waals surface area contributed by atoms with Crippen molar-refractivity contribution in [3.8, 4) is 0 Å². The highest BCUT2D eigenvalue weighted by atomic mass is 32.1. The molecule has 0 aliphatic heterocycles. The Kier molecular flexibility index (Phi) is 7.28. The van der Waals surface area contributed by atoms with E-state index in [0.717, 1.165) is 47.3 Å². The Balaban J connectivity index is 1.96. The molecule has 3 N–H and O–H groups in total. The van der Waals surface area contributed by atoms with Gasteiger partial charge in [0, 0.05) is 35.9 Å². The first-order valence-electron chi connectivity index (χ1n) is 9.80. The molecule has 0 bridgehead atoms. The number of hydrogen-bond donors (Lipinski definition) is 3. The predicted octanol–water partition coefficient (Wildman–Crippen LogP) is 3.66. The van der Waals surface area contributed by atoms with Gasteiger partial charge in [-0.05, 0) is 33.8 Å². The molecule has 1 atom stereocenters. The van der Waals surface area contributed by atoms with Crippen LogP contribution in [0.25, 0.3) is 0 Å². The summed E-state index contributed by atoms with van der Waals surface area (Å²) in [7, 11) is 0. The Hall–Kier alpha value is -1.86. The summed E-state index contributed by atoms with van der Waals surface area (Å²) in [5, 5.41) is 20.7. The molecule has 7 heteroatoms. The molecule has 2 rings (SSSR count). The lowest BCUT2D eigenvalue weighted by molar-refractivity contribution is 0.0657. The maximum absolute atomic E-state index is 10.8. The third-order valence-electron chi connectivity index (χ3n) is 4.46. The molecule has 0 amide bonds. The summed E-state index contributed by atoms with van der Waals surface area (Å²) in [6.45, 7) is 15.8. The maximum Gasteiger partial charge on any atom is 0.191 e. The normalized spacial score (nSPS) is 14.8. The Bertz CT molecular complexity index is 800. The van der Waals surface area contributed by atoms with Crippen molar-refractivity contribution in [2.24, 2.45) is 4.99 Å². The quantitative estimate of drug-likeness (QED) is 0.483. The molecule has 0 aliphatic carbocycles. The molecular formula is C21H34N4O2S. The van der Waals surface area contributed by atoms with Gasteiger partial charge in [0.25, 0.3) is 0 Å². The van der Waals surface area contributed by atoms with Gasteiger partial charge in [-0.25, -0.2) is 9.98 Å². The van der Waals surface area contributed by atoms with Gasteiger partial charge in [0.1, 0.15) is 17.1 Å². The predicted molar refractivity (Wildman–Crippen MR) is 116 cm³/mol. The largest absolute Gasteiger partial charge is 0.466 e. The number of nitrogens with one attached hydrogen (secondary N) is 2. The lowest BCUT2D eigenvalue weighted by atomic mass is 9.93. The van der Waals surface area contributed by atoms with E-state index in [2.05, 4.69) is 41.8 Å². The second kappa shape index (κ2) is 9.09. The minimum atomic E-state index is -1.08. The third kappa shape index (κ3) is 6.07. The monoisotopic (exact) mass is 406 g/mol. The molecule has 0 saturated heterocycles. The summed E-state index contributed by atoms with van der Waals surface area (Å²) in [6, 6.07) is 1.88. The number of hydrogen-bond acceptors (Lipinski definition) is 5. The number of aliphatic imine (C=N–C) groups is 1. The van der Waals surface area contributed by atoms with Crippen LogP contribution in [0, 0.1) is 13.8 Å². The Morgan fingerprint density at radius 2 is 1.96 bits per heavy atom. The number of aromatic nitrogens is 1. The van der Waals surface area contributed by atoms with Crippen LogP contribution in [-0.2, 0) is 17.4 Å². The highest BCUT2D eigenvalue weighted by Gasteiger charge is 2.27. The van der Waals surface area contributed by atoms with E-state index in [1.807, 2.05) is 26.8 Å². The van der Waals surface area contributed by atoms with Crippen molar-refractivity contribution in [3.63, 3.8) is 0 Å². The second-order valence-electron chi connectivity index (χ2n) is 8.35. The molecular weight excluding hydrogens is 372 g/mol. The van der Waals surface area contributed by atoms with Crippen molar-refractivity contribution in [1.82, 2.24) is 15.6 Å². The second-order valence-corrected chi connectivity index (χ2v) is 9.29. The van der Waals surface area contributed by atoms with Gasteiger partial charge in [-0.15, -0.1) is 11.3 Å². The summed E-state index contributed by atoms with van der Waals surface area (Å²) >= 11 is 1.70. The van der Waals surface area contributed by atoms with E-state index < -0.39 is 5.60 Å². The first-order valence-corrected chi connectivity index (χ1v) is 10.7. The van der Waals surface area contributed by atoms with E-state index in [9.17, 15) is 5.11 Å². The number of rotatable bonds is 7. The van der Waals surface area contributed by atoms with Gasteiger partial charge in [-0.1, -0.05) is 20.8 Å². The Morgan fingerprint density at radius 1 is 1.25 bits per heavy atom. The lowest BCUT2D eigenvalue weighted by Crippen LogP contribution is -2.39. The molecule has 0 saturated carbocycles. The van der Waals surface area contributed by atoms with Gasteiger partial charge >= 0.3 is 0 Å². The lowest BCUT2D eigenvalue weighted by Gasteiger charge is -2.21. The van der Waals surface area contributed by atoms with Crippen LogP contribution in [0.3, 0.4) is 0 Å². The minimum absolute atomic E-state index is 0.0771. The molecule has 2 aromatic rings. The molecule has 0 fully saturated rings. The van der Waals surface area contributed by atoms with Gasteiger partial charge in [0.15, 0.2) is 5.96 Å². The fourth-order valence-corrected chi connectivity index (χ4v) is 3.91. The smallest absolute Gasteiger partial charge is 0.191 e. The zero-order valence-electron chi connectivity index (χ0n) is 18.1. The standard InChI is InChI=1S/C21H34N4O2S/c1-8-22-19(23-10-9-18-25-17(12-28-18)20(4,5)6)24-13-21(7,26)16-11-14(2)27-15(16)3/h11-12,26H,8-10,13H2,1-7H3,(H2,22,23,24). The van der Waals surface area contributed by atoms with E-state index in [1.165, 1.54) is 0 Å². The van der Waals surface area contributed by atoms with Crippen molar-refractivity contribution in [3.05, 3.63) is 39.2 Å². The topological polar surface area (TPSA) is 82.7 Å². The number of nitrogens with zero attached hydrogens (tertiary/aromatic N) is 2. The summed E-state index contributed by atoms with van der Waals surface area (Å²) in [5.74, 6) is 2.21. The van der Waals surface area contributed by atoms with E-state index in [1.54, 1.807) is 18.3 Å². The van der Waals surface area contributed by atoms with E-state index in [-0.39, 0.29) is 12.0 Å². The van der Waals surface area contributed by atoms with Crippen molar-refractivity contribution >= 4 is 17.3 Å². The van der Waals surface area contributed by atoms with Gasteiger partial charge in [0.05, 0.1) is 17.2 Å². The summed E-state index contributed by atoms with van der Waals surface area (Å²) in [4.78, 5) is 9.30. The molecule has 2 heterocycles. The van der Waals surface area contributed by atoms with Crippen LogP contribution in [0.2, 0.25) is 0 Å². The van der Waals surface area contributed by atoms with Gasteiger partial charge in [-0.3, -0.25) is 0 Å². The van der Waals surface area contributed by atoms with E-state index in [0.29, 0.717) is 5.96 Å². The first-order chi connectivity index (χ1) is 13.0. The number of furan rings is 1. The number of thiazole rings is 1. The SMILES string of the molecule is CCNC(=NCC(C)(O)c1cc(C)oc1C)NCCc1nc(C(C)(C)C)cs1. The highest BCUT2D eigenvalue weighted by molar-refractivity contribution is 7.09. The van der Waals surface area contributed by atoms with Crippen molar-refractivity contribution in [2.45, 2.75) is 65.9 Å². The van der Waals surface area contributed by atoms with Gasteiger partial charge in [0.2, 0.25) is 0 Å². The van der Waals surface area contributed by atoms with Crippen LogP contribution in [0.4, 0.5) is 0 Å². The average Bonchev–Trinajstić information content (AvgIpc) is 3.19. The summed E-state index contributed by atoms with van der Waals surface area (Å²) in [6.07, 6.45) is 0.835.